The van der Waals surface area contributed by atoms with Gasteiger partial charge >= 0.3 is 0 Å². The monoisotopic (exact) mass is 390 g/mol. The van der Waals surface area contributed by atoms with E-state index in [9.17, 15) is 9.59 Å². The highest BCUT2D eigenvalue weighted by atomic mass is 16.5. The van der Waals surface area contributed by atoms with Gasteiger partial charge in [-0.2, -0.15) is 5.10 Å². The van der Waals surface area contributed by atoms with E-state index in [2.05, 4.69) is 15.7 Å². The predicted octanol–water partition coefficient (Wildman–Crippen LogP) is 3.81. The second kappa shape index (κ2) is 7.79. The highest BCUT2D eigenvalue weighted by molar-refractivity contribution is 6.06. The molecule has 2 N–H and O–H groups in total. The molecule has 0 atom stereocenters. The van der Waals surface area contributed by atoms with Crippen molar-refractivity contribution in [2.24, 2.45) is 7.05 Å². The lowest BCUT2D eigenvalue weighted by Crippen LogP contribution is -2.16. The predicted molar refractivity (Wildman–Crippen MR) is 111 cm³/mol. The number of hydrogen-bond donors (Lipinski definition) is 2. The van der Waals surface area contributed by atoms with Gasteiger partial charge in [0.1, 0.15) is 11.4 Å². The molecule has 148 valence electrons. The van der Waals surface area contributed by atoms with Gasteiger partial charge in [-0.05, 0) is 55.3 Å². The molecule has 7 heteroatoms. The van der Waals surface area contributed by atoms with Gasteiger partial charge in [0.2, 0.25) is 0 Å². The Balaban J connectivity index is 1.42. The normalized spacial score (nSPS) is 13.0. The van der Waals surface area contributed by atoms with E-state index < -0.39 is 0 Å². The molecule has 2 aromatic carbocycles. The Morgan fingerprint density at radius 3 is 2.45 bits per heavy atom. The molecule has 0 radical (unpaired) electrons. The summed E-state index contributed by atoms with van der Waals surface area (Å²) in [6, 6.07) is 15.8. The van der Waals surface area contributed by atoms with Gasteiger partial charge in [0.15, 0.2) is 0 Å². The molecule has 29 heavy (non-hydrogen) atoms. The minimum Gasteiger partial charge on any atom is -0.495 e. The van der Waals surface area contributed by atoms with Crippen LogP contribution in [0.15, 0.2) is 54.6 Å². The number of amides is 2. The number of para-hydroxylation sites is 2. The molecule has 1 saturated carbocycles. The Morgan fingerprint density at radius 1 is 1.03 bits per heavy atom. The van der Waals surface area contributed by atoms with Gasteiger partial charge in [0.25, 0.3) is 11.8 Å². The molecule has 3 aromatic rings. The van der Waals surface area contributed by atoms with Gasteiger partial charge < -0.3 is 15.4 Å². The fourth-order valence-corrected chi connectivity index (χ4v) is 3.12. The summed E-state index contributed by atoms with van der Waals surface area (Å²) in [5, 5.41) is 10.1. The fraction of sp³-hybridized carbons (Fsp3) is 0.227. The van der Waals surface area contributed by atoms with Crippen LogP contribution in [0.25, 0.3) is 0 Å². The molecular weight excluding hydrogens is 368 g/mol. The molecular formula is C22H22N4O3. The quantitative estimate of drug-likeness (QED) is 0.670. The Bertz CT molecular complexity index is 1050. The molecule has 0 bridgehead atoms. The number of benzene rings is 2. The van der Waals surface area contributed by atoms with Gasteiger partial charge in [-0.15, -0.1) is 0 Å². The summed E-state index contributed by atoms with van der Waals surface area (Å²) in [6.45, 7) is 0. The van der Waals surface area contributed by atoms with Crippen LogP contribution in [0.1, 0.15) is 45.3 Å². The van der Waals surface area contributed by atoms with E-state index >= 15 is 0 Å². The van der Waals surface area contributed by atoms with Gasteiger partial charge in [0, 0.05) is 24.2 Å². The number of hydrogen-bond acceptors (Lipinski definition) is 4. The summed E-state index contributed by atoms with van der Waals surface area (Å²) in [6.07, 6.45) is 2.27. The molecule has 0 saturated heterocycles. The zero-order valence-electron chi connectivity index (χ0n) is 16.3. The fourth-order valence-electron chi connectivity index (χ4n) is 3.12. The third-order valence-corrected chi connectivity index (χ3v) is 4.89. The van der Waals surface area contributed by atoms with Crippen LogP contribution in [0.2, 0.25) is 0 Å². The van der Waals surface area contributed by atoms with E-state index in [1.54, 1.807) is 55.2 Å². The molecule has 7 nitrogen and oxygen atoms in total. The van der Waals surface area contributed by atoms with Crippen LogP contribution in [-0.4, -0.2) is 28.7 Å². The van der Waals surface area contributed by atoms with Crippen LogP contribution >= 0.6 is 0 Å². The van der Waals surface area contributed by atoms with E-state index in [-0.39, 0.29) is 11.8 Å². The Hall–Kier alpha value is -3.61. The Kier molecular flexibility index (Phi) is 5.03. The second-order valence-electron chi connectivity index (χ2n) is 7.04. The highest BCUT2D eigenvalue weighted by Crippen LogP contribution is 2.39. The molecule has 1 aromatic heterocycles. The third-order valence-electron chi connectivity index (χ3n) is 4.89. The molecule has 1 aliphatic rings. The van der Waals surface area contributed by atoms with Crippen molar-refractivity contribution in [3.63, 3.8) is 0 Å². The second-order valence-corrected chi connectivity index (χ2v) is 7.04. The van der Waals surface area contributed by atoms with Crippen LogP contribution in [0.4, 0.5) is 11.4 Å². The third kappa shape index (κ3) is 4.13. The van der Waals surface area contributed by atoms with Crippen molar-refractivity contribution >= 4 is 23.2 Å². The average molecular weight is 390 g/mol. The van der Waals surface area contributed by atoms with E-state index in [0.717, 1.165) is 18.5 Å². The summed E-state index contributed by atoms with van der Waals surface area (Å²) in [7, 11) is 3.32. The number of nitrogens with zero attached hydrogens (tertiary/aromatic N) is 2. The maximum Gasteiger partial charge on any atom is 0.273 e. The van der Waals surface area contributed by atoms with Crippen molar-refractivity contribution in [3.8, 4) is 5.75 Å². The van der Waals surface area contributed by atoms with Crippen LogP contribution in [0.5, 0.6) is 5.75 Å². The highest BCUT2D eigenvalue weighted by Gasteiger charge is 2.28. The molecule has 1 heterocycles. The van der Waals surface area contributed by atoms with Gasteiger partial charge in [-0.25, -0.2) is 0 Å². The number of aryl methyl sites for hydroxylation is 1. The van der Waals surface area contributed by atoms with Crippen molar-refractivity contribution in [1.82, 2.24) is 9.78 Å². The zero-order chi connectivity index (χ0) is 20.4. The summed E-state index contributed by atoms with van der Waals surface area (Å²) in [4.78, 5) is 25.0. The van der Waals surface area contributed by atoms with Crippen molar-refractivity contribution in [1.29, 1.82) is 0 Å². The van der Waals surface area contributed by atoms with Gasteiger partial charge in [-0.1, -0.05) is 12.1 Å². The first-order chi connectivity index (χ1) is 14.0. The average Bonchev–Trinajstić information content (AvgIpc) is 3.50. The number of ether oxygens (including phenoxy) is 1. The lowest BCUT2D eigenvalue weighted by molar-refractivity contribution is 0.101. The number of carbonyl (C=O) groups is 2. The molecule has 1 aliphatic carbocycles. The number of aromatic nitrogens is 2. The maximum absolute atomic E-state index is 12.6. The summed E-state index contributed by atoms with van der Waals surface area (Å²) in [5.41, 5.74) is 3.18. The Labute approximate surface area is 168 Å². The minimum absolute atomic E-state index is 0.224. The molecule has 0 unspecified atom stereocenters. The molecule has 1 fully saturated rings. The number of nitrogens with one attached hydrogen (secondary N) is 2. The van der Waals surface area contributed by atoms with Crippen molar-refractivity contribution in [2.75, 3.05) is 17.7 Å². The zero-order valence-corrected chi connectivity index (χ0v) is 16.3. The molecule has 4 rings (SSSR count). The lowest BCUT2D eigenvalue weighted by Gasteiger charge is -2.10. The number of anilines is 2. The molecule has 2 amide bonds. The van der Waals surface area contributed by atoms with Crippen molar-refractivity contribution in [2.45, 2.75) is 18.8 Å². The smallest absolute Gasteiger partial charge is 0.273 e. The van der Waals surface area contributed by atoms with Crippen LogP contribution < -0.4 is 15.4 Å². The number of carbonyl (C=O) groups excluding carboxylic acids is 2. The lowest BCUT2D eigenvalue weighted by atomic mass is 10.1. The number of rotatable bonds is 6. The number of methoxy groups -OCH3 is 1. The van der Waals surface area contributed by atoms with E-state index in [1.807, 2.05) is 18.2 Å². The van der Waals surface area contributed by atoms with Crippen LogP contribution in [0, 0.1) is 0 Å². The standard InChI is InChI=1S/C22H22N4O3/c1-26-19(13-18(25-26)14-7-8-14)22(28)23-16-11-9-15(10-12-16)21(27)24-17-5-3-4-6-20(17)29-2/h3-6,9-14H,7-8H2,1-2H3,(H,23,28)(H,24,27). The van der Waals surface area contributed by atoms with Gasteiger partial charge in [0.05, 0.1) is 18.5 Å². The van der Waals surface area contributed by atoms with Crippen LogP contribution in [0.3, 0.4) is 0 Å². The van der Waals surface area contributed by atoms with Crippen LogP contribution in [-0.2, 0) is 7.05 Å². The SMILES string of the molecule is COc1ccccc1NC(=O)c1ccc(NC(=O)c2cc(C3CC3)nn2C)cc1. The molecule has 0 spiro atoms. The van der Waals surface area contributed by atoms with E-state index in [0.29, 0.717) is 34.3 Å². The summed E-state index contributed by atoms with van der Waals surface area (Å²) < 4.78 is 6.86. The summed E-state index contributed by atoms with van der Waals surface area (Å²) in [5.74, 6) is 0.599. The molecule has 0 aliphatic heterocycles. The first-order valence-corrected chi connectivity index (χ1v) is 9.45. The first-order valence-electron chi connectivity index (χ1n) is 9.45. The summed E-state index contributed by atoms with van der Waals surface area (Å²) >= 11 is 0. The van der Waals surface area contributed by atoms with Gasteiger partial charge in [-0.3, -0.25) is 14.3 Å². The topological polar surface area (TPSA) is 85.2 Å². The Morgan fingerprint density at radius 2 is 1.76 bits per heavy atom. The minimum atomic E-state index is -0.256. The maximum atomic E-state index is 12.6. The largest absolute Gasteiger partial charge is 0.495 e. The first kappa shape index (κ1) is 18.7. The van der Waals surface area contributed by atoms with Crippen molar-refractivity contribution < 1.29 is 14.3 Å². The van der Waals surface area contributed by atoms with E-state index in [1.165, 1.54) is 0 Å². The van der Waals surface area contributed by atoms with Crippen molar-refractivity contribution in [3.05, 3.63) is 71.5 Å². The van der Waals surface area contributed by atoms with E-state index in [4.69, 9.17) is 4.74 Å².